The van der Waals surface area contributed by atoms with E-state index < -0.39 is 42.3 Å². The van der Waals surface area contributed by atoms with E-state index in [4.69, 9.17) is 33.2 Å². The Bertz CT molecular complexity index is 637. The molecule has 3 rings (SSSR count). The van der Waals surface area contributed by atoms with Crippen LogP contribution in [0.25, 0.3) is 0 Å². The zero-order valence-electron chi connectivity index (χ0n) is 16.5. The van der Waals surface area contributed by atoms with Gasteiger partial charge in [0.25, 0.3) is 0 Å². The molecule has 0 bridgehead atoms. The third kappa shape index (κ3) is 3.53. The van der Waals surface area contributed by atoms with Crippen molar-refractivity contribution in [1.82, 2.24) is 0 Å². The molecule has 0 saturated carbocycles. The maximum Gasteiger partial charge on any atom is 0.229 e. The average Bonchev–Trinajstić information content (AvgIpc) is 2.68. The minimum atomic E-state index is -1.22. The largest absolute Gasteiger partial charge is 0.497 e. The molecule has 1 N–H and O–H groups in total. The summed E-state index contributed by atoms with van der Waals surface area (Å²) < 4.78 is 40.1. The predicted octanol–water partition coefficient (Wildman–Crippen LogP) is 1.69. The predicted molar refractivity (Wildman–Crippen MR) is 94.5 cm³/mol. The van der Waals surface area contributed by atoms with Gasteiger partial charge in [0.2, 0.25) is 17.9 Å². The Morgan fingerprint density at radius 3 is 1.93 bits per heavy atom. The number of fused-ring (bicyclic) bond motifs is 1. The van der Waals surface area contributed by atoms with Crippen molar-refractivity contribution in [2.45, 2.75) is 63.1 Å². The van der Waals surface area contributed by atoms with Gasteiger partial charge in [-0.3, -0.25) is 0 Å². The van der Waals surface area contributed by atoms with E-state index in [-0.39, 0.29) is 0 Å². The van der Waals surface area contributed by atoms with Crippen LogP contribution in [0.1, 0.15) is 20.8 Å². The fraction of sp³-hybridized carbons (Fsp3) is 0.684. The Kier molecular flexibility index (Phi) is 5.67. The number of methoxy groups -OCH3 is 3. The highest BCUT2D eigenvalue weighted by Gasteiger charge is 2.61. The molecule has 8 nitrogen and oxygen atoms in total. The molecule has 27 heavy (non-hydrogen) atoms. The van der Waals surface area contributed by atoms with Crippen molar-refractivity contribution < 1.29 is 38.3 Å². The first-order valence-corrected chi connectivity index (χ1v) is 8.87. The van der Waals surface area contributed by atoms with Crippen molar-refractivity contribution >= 4 is 0 Å². The second-order valence-electron chi connectivity index (χ2n) is 6.96. The van der Waals surface area contributed by atoms with E-state index in [1.807, 2.05) is 6.92 Å². The molecule has 1 aromatic carbocycles. The van der Waals surface area contributed by atoms with Gasteiger partial charge in [0.1, 0.15) is 29.8 Å². The van der Waals surface area contributed by atoms with Gasteiger partial charge in [-0.25, -0.2) is 0 Å². The molecular formula is C19H28O8. The first-order valence-electron chi connectivity index (χ1n) is 8.87. The molecule has 0 spiro atoms. The molecule has 0 radical (unpaired) electrons. The molecule has 152 valence electrons. The molecule has 7 atom stereocenters. The molecule has 2 aliphatic heterocycles. The summed E-state index contributed by atoms with van der Waals surface area (Å²) >= 11 is 0. The van der Waals surface area contributed by atoms with Crippen molar-refractivity contribution in [3.8, 4) is 11.5 Å². The van der Waals surface area contributed by atoms with Crippen LogP contribution < -0.4 is 9.47 Å². The van der Waals surface area contributed by atoms with Gasteiger partial charge in [-0.15, -0.1) is 0 Å². The van der Waals surface area contributed by atoms with E-state index in [0.717, 1.165) is 0 Å². The maximum atomic E-state index is 10.8. The van der Waals surface area contributed by atoms with E-state index >= 15 is 0 Å². The Balaban J connectivity index is 1.79. The van der Waals surface area contributed by atoms with Crippen molar-refractivity contribution in [1.29, 1.82) is 0 Å². The summed E-state index contributed by atoms with van der Waals surface area (Å²) in [4.78, 5) is 0. The van der Waals surface area contributed by atoms with Gasteiger partial charge in [-0.1, -0.05) is 0 Å². The Morgan fingerprint density at radius 2 is 1.41 bits per heavy atom. The normalized spacial score (nSPS) is 41.7. The van der Waals surface area contributed by atoms with E-state index in [1.165, 1.54) is 14.2 Å². The summed E-state index contributed by atoms with van der Waals surface area (Å²) in [5.41, 5.74) is 0. The lowest BCUT2D eigenvalue weighted by molar-refractivity contribution is -0.475. The second-order valence-corrected chi connectivity index (χ2v) is 6.96. The highest BCUT2D eigenvalue weighted by molar-refractivity contribution is 5.31. The minimum absolute atomic E-state index is 0.405. The molecule has 8 heteroatoms. The number of hydrogen-bond donors (Lipinski definition) is 1. The van der Waals surface area contributed by atoms with Crippen LogP contribution >= 0.6 is 0 Å². The Hall–Kier alpha value is -1.42. The van der Waals surface area contributed by atoms with Crippen LogP contribution in [0, 0.1) is 0 Å². The lowest BCUT2D eigenvalue weighted by Crippen LogP contribution is -2.72. The summed E-state index contributed by atoms with van der Waals surface area (Å²) in [6.07, 6.45) is -3.69. The van der Waals surface area contributed by atoms with Crippen LogP contribution in [0.4, 0.5) is 0 Å². The van der Waals surface area contributed by atoms with E-state index in [9.17, 15) is 5.11 Å². The molecule has 2 aliphatic rings. The first kappa shape index (κ1) is 20.3. The summed E-state index contributed by atoms with van der Waals surface area (Å²) in [5, 5.41) is 10.8. The number of hydrogen-bond acceptors (Lipinski definition) is 8. The number of ether oxygens (including phenoxy) is 7. The number of rotatable bonds is 5. The number of aliphatic hydroxyl groups is 1. The summed E-state index contributed by atoms with van der Waals surface area (Å²) in [6.45, 7) is 5.27. The van der Waals surface area contributed by atoms with Gasteiger partial charge in [0, 0.05) is 14.2 Å². The summed E-state index contributed by atoms with van der Waals surface area (Å²) in [6, 6.07) is 7.02. The molecule has 2 saturated heterocycles. The van der Waals surface area contributed by atoms with Gasteiger partial charge >= 0.3 is 0 Å². The third-order valence-electron chi connectivity index (χ3n) is 5.39. The molecule has 0 aliphatic carbocycles. The van der Waals surface area contributed by atoms with Gasteiger partial charge in [0.05, 0.1) is 13.2 Å². The third-order valence-corrected chi connectivity index (χ3v) is 5.39. The summed E-state index contributed by atoms with van der Waals surface area (Å²) in [7, 11) is 4.61. The van der Waals surface area contributed by atoms with E-state index in [0.29, 0.717) is 11.5 Å². The van der Waals surface area contributed by atoms with Crippen molar-refractivity contribution in [2.75, 3.05) is 21.3 Å². The molecule has 1 aromatic rings. The lowest BCUT2D eigenvalue weighted by atomic mass is 9.94. The zero-order chi connectivity index (χ0) is 19.8. The molecule has 0 aromatic heterocycles. The minimum Gasteiger partial charge on any atom is -0.497 e. The van der Waals surface area contributed by atoms with Gasteiger partial charge in [-0.2, -0.15) is 0 Å². The SMILES string of the molecule is COc1ccc(O[C@H]2O[C@H](C)[C@H]3OC(C)(OC)C(C)(OC)O[C@@H]3[C@@H]2O)cc1. The number of benzene rings is 1. The van der Waals surface area contributed by atoms with E-state index in [2.05, 4.69) is 0 Å². The average molecular weight is 384 g/mol. The zero-order valence-corrected chi connectivity index (χ0v) is 16.5. The smallest absolute Gasteiger partial charge is 0.229 e. The Morgan fingerprint density at radius 1 is 0.889 bits per heavy atom. The highest BCUT2D eigenvalue weighted by atomic mass is 16.8. The highest BCUT2D eigenvalue weighted by Crippen LogP contribution is 2.43. The molecule has 2 heterocycles. The monoisotopic (exact) mass is 384 g/mol. The van der Waals surface area contributed by atoms with Crippen molar-refractivity contribution in [3.05, 3.63) is 24.3 Å². The van der Waals surface area contributed by atoms with Gasteiger partial charge in [0.15, 0.2) is 0 Å². The number of aliphatic hydroxyl groups excluding tert-OH is 1. The van der Waals surface area contributed by atoms with E-state index in [1.54, 1.807) is 45.2 Å². The van der Waals surface area contributed by atoms with Crippen LogP contribution in [-0.2, 0) is 23.7 Å². The fourth-order valence-corrected chi connectivity index (χ4v) is 3.37. The summed E-state index contributed by atoms with van der Waals surface area (Å²) in [5.74, 6) is -1.13. The standard InChI is InChI=1S/C19H28O8/c1-11-15-16(27-19(3,23-6)18(2,22-5)26-15)14(20)17(24-11)25-13-9-7-12(21-4)8-10-13/h7-11,14-17,20H,1-6H3/t11-,14+,15-,16-,17-,18?,19?/m1/s1. The Labute approximate surface area is 159 Å². The molecule has 2 fully saturated rings. The van der Waals surface area contributed by atoms with Crippen LogP contribution in [0.15, 0.2) is 24.3 Å². The molecular weight excluding hydrogens is 356 g/mol. The topological polar surface area (TPSA) is 84.8 Å². The second kappa shape index (κ2) is 7.54. The van der Waals surface area contributed by atoms with Crippen LogP contribution in [0.2, 0.25) is 0 Å². The lowest BCUT2D eigenvalue weighted by Gasteiger charge is -2.56. The first-order chi connectivity index (χ1) is 12.8. The molecule has 0 amide bonds. The maximum absolute atomic E-state index is 10.8. The molecule has 2 unspecified atom stereocenters. The van der Waals surface area contributed by atoms with Gasteiger partial charge in [-0.05, 0) is 45.0 Å². The van der Waals surface area contributed by atoms with Crippen molar-refractivity contribution in [3.63, 3.8) is 0 Å². The van der Waals surface area contributed by atoms with Crippen LogP contribution in [-0.4, -0.2) is 68.7 Å². The quantitative estimate of drug-likeness (QED) is 0.821. The van der Waals surface area contributed by atoms with Crippen molar-refractivity contribution in [2.24, 2.45) is 0 Å². The fourth-order valence-electron chi connectivity index (χ4n) is 3.37. The van der Waals surface area contributed by atoms with Crippen LogP contribution in [0.5, 0.6) is 11.5 Å². The van der Waals surface area contributed by atoms with Gasteiger partial charge < -0.3 is 38.3 Å². The van der Waals surface area contributed by atoms with Crippen LogP contribution in [0.3, 0.4) is 0 Å².